The Hall–Kier alpha value is -1.96. The summed E-state index contributed by atoms with van der Waals surface area (Å²) in [4.78, 5) is 4.15. The molecule has 0 aliphatic rings. The Bertz CT molecular complexity index is 644. The van der Waals surface area contributed by atoms with Crippen molar-refractivity contribution < 1.29 is 17.9 Å². The number of nitrogens with zero attached hydrogens (tertiary/aromatic N) is 1. The molecule has 25 heavy (non-hydrogen) atoms. The van der Waals surface area contributed by atoms with E-state index in [0.717, 1.165) is 11.5 Å². The van der Waals surface area contributed by atoms with Gasteiger partial charge in [-0.05, 0) is 44.5 Å². The highest BCUT2D eigenvalue weighted by Crippen LogP contribution is 2.17. The Labute approximate surface area is 150 Å². The fourth-order valence-electron chi connectivity index (χ4n) is 2.06. The molecule has 0 spiro atoms. The molecule has 0 aliphatic carbocycles. The molecule has 2 N–H and O–H groups in total. The number of guanidine groups is 1. The maximum atomic E-state index is 11.2. The lowest BCUT2D eigenvalue weighted by Gasteiger charge is -2.20. The first-order chi connectivity index (χ1) is 11.7. The second-order valence-corrected chi connectivity index (χ2v) is 8.28. The summed E-state index contributed by atoms with van der Waals surface area (Å²) in [5.41, 5.74) is 0. The monoisotopic (exact) mass is 371 g/mol. The first kappa shape index (κ1) is 21.1. The zero-order valence-electron chi connectivity index (χ0n) is 15.6. The number of rotatable bonds is 9. The summed E-state index contributed by atoms with van der Waals surface area (Å²) in [6.07, 6.45) is 1.70. The van der Waals surface area contributed by atoms with Gasteiger partial charge in [0, 0.05) is 19.3 Å². The quantitative estimate of drug-likeness (QED) is 0.504. The first-order valence-electron chi connectivity index (χ1n) is 8.19. The summed E-state index contributed by atoms with van der Waals surface area (Å²) in [6, 6.07) is 7.41. The van der Waals surface area contributed by atoms with Crippen molar-refractivity contribution in [2.24, 2.45) is 4.99 Å². The predicted molar refractivity (Wildman–Crippen MR) is 101 cm³/mol. The molecular formula is C17H29N3O4S. The standard InChI is InChI=1S/C17H29N3O4S/c1-13(10-11-25(5,21)22)20-17(18-3)19-12-14(2)24-16-8-6-15(23-4)7-9-16/h6-9,13-14H,10-12H2,1-5H3,(H2,18,19,20). The van der Waals surface area contributed by atoms with Crippen LogP contribution in [0.2, 0.25) is 0 Å². The largest absolute Gasteiger partial charge is 0.497 e. The van der Waals surface area contributed by atoms with Crippen LogP contribution in [-0.4, -0.2) is 59.2 Å². The van der Waals surface area contributed by atoms with Gasteiger partial charge in [-0.1, -0.05) is 0 Å². The molecule has 142 valence electrons. The van der Waals surface area contributed by atoms with Gasteiger partial charge in [-0.2, -0.15) is 0 Å². The molecular weight excluding hydrogens is 342 g/mol. The Morgan fingerprint density at radius 3 is 2.32 bits per heavy atom. The molecule has 0 radical (unpaired) electrons. The Kier molecular flexibility index (Phi) is 8.54. The normalized spacial score (nSPS) is 14.5. The lowest BCUT2D eigenvalue weighted by Crippen LogP contribution is -2.45. The topological polar surface area (TPSA) is 89.0 Å². The van der Waals surface area contributed by atoms with Crippen molar-refractivity contribution in [2.75, 3.05) is 32.7 Å². The zero-order chi connectivity index (χ0) is 18.9. The highest BCUT2D eigenvalue weighted by Gasteiger charge is 2.11. The fourth-order valence-corrected chi connectivity index (χ4v) is 2.84. The number of methoxy groups -OCH3 is 1. The molecule has 2 atom stereocenters. The van der Waals surface area contributed by atoms with E-state index in [9.17, 15) is 8.42 Å². The van der Waals surface area contributed by atoms with Crippen molar-refractivity contribution >= 4 is 15.8 Å². The Balaban J connectivity index is 2.39. The van der Waals surface area contributed by atoms with Gasteiger partial charge in [0.1, 0.15) is 27.4 Å². The SMILES string of the molecule is CN=C(NCC(C)Oc1ccc(OC)cc1)NC(C)CCS(C)(=O)=O. The number of nitrogens with one attached hydrogen (secondary N) is 2. The molecule has 0 fully saturated rings. The van der Waals surface area contributed by atoms with Gasteiger partial charge in [-0.3, -0.25) is 4.99 Å². The number of hydrogen-bond acceptors (Lipinski definition) is 5. The molecule has 0 aromatic heterocycles. The summed E-state index contributed by atoms with van der Waals surface area (Å²) in [5.74, 6) is 2.31. The predicted octanol–water partition coefficient (Wildman–Crippen LogP) is 1.45. The Morgan fingerprint density at radius 1 is 1.20 bits per heavy atom. The second kappa shape index (κ2) is 10.1. The number of sulfone groups is 1. The lowest BCUT2D eigenvalue weighted by atomic mass is 10.3. The summed E-state index contributed by atoms with van der Waals surface area (Å²) in [7, 11) is 0.341. The molecule has 0 saturated carbocycles. The van der Waals surface area contributed by atoms with Crippen LogP contribution in [-0.2, 0) is 9.84 Å². The molecule has 0 amide bonds. The van der Waals surface area contributed by atoms with E-state index < -0.39 is 9.84 Å². The molecule has 0 heterocycles. The van der Waals surface area contributed by atoms with E-state index in [4.69, 9.17) is 9.47 Å². The van der Waals surface area contributed by atoms with Crippen molar-refractivity contribution in [3.63, 3.8) is 0 Å². The van der Waals surface area contributed by atoms with Gasteiger partial charge in [0.25, 0.3) is 0 Å². The summed E-state index contributed by atoms with van der Waals surface area (Å²) >= 11 is 0. The van der Waals surface area contributed by atoms with Gasteiger partial charge in [0.15, 0.2) is 5.96 Å². The van der Waals surface area contributed by atoms with Gasteiger partial charge < -0.3 is 20.1 Å². The minimum Gasteiger partial charge on any atom is -0.497 e. The molecule has 8 heteroatoms. The molecule has 1 aromatic carbocycles. The average molecular weight is 372 g/mol. The van der Waals surface area contributed by atoms with Crippen LogP contribution in [0.4, 0.5) is 0 Å². The maximum absolute atomic E-state index is 11.2. The summed E-state index contributed by atoms with van der Waals surface area (Å²) < 4.78 is 33.4. The molecule has 7 nitrogen and oxygen atoms in total. The summed E-state index contributed by atoms with van der Waals surface area (Å²) in [6.45, 7) is 4.44. The summed E-state index contributed by atoms with van der Waals surface area (Å²) in [5, 5.41) is 6.36. The number of ether oxygens (including phenoxy) is 2. The van der Waals surface area contributed by atoms with Crippen LogP contribution in [0, 0.1) is 0 Å². The number of benzene rings is 1. The Morgan fingerprint density at radius 2 is 1.80 bits per heavy atom. The zero-order valence-corrected chi connectivity index (χ0v) is 16.4. The molecule has 1 aromatic rings. The van der Waals surface area contributed by atoms with Gasteiger partial charge in [0.05, 0.1) is 19.4 Å². The van der Waals surface area contributed by atoms with Crippen molar-refractivity contribution in [2.45, 2.75) is 32.4 Å². The number of hydrogen-bond donors (Lipinski definition) is 2. The van der Waals surface area contributed by atoms with E-state index in [1.807, 2.05) is 38.1 Å². The van der Waals surface area contributed by atoms with E-state index in [2.05, 4.69) is 15.6 Å². The van der Waals surface area contributed by atoms with E-state index in [-0.39, 0.29) is 17.9 Å². The van der Waals surface area contributed by atoms with Crippen LogP contribution in [0.1, 0.15) is 20.3 Å². The minimum absolute atomic E-state index is 0.00117. The van der Waals surface area contributed by atoms with Gasteiger partial charge >= 0.3 is 0 Å². The van der Waals surface area contributed by atoms with Gasteiger partial charge in [0.2, 0.25) is 0 Å². The molecule has 0 aliphatic heterocycles. The molecule has 0 saturated heterocycles. The van der Waals surface area contributed by atoms with Gasteiger partial charge in [-0.15, -0.1) is 0 Å². The number of aliphatic imine (C=N–C) groups is 1. The van der Waals surface area contributed by atoms with E-state index in [1.165, 1.54) is 6.26 Å². The lowest BCUT2D eigenvalue weighted by molar-refractivity contribution is 0.223. The third kappa shape index (κ3) is 9.19. The minimum atomic E-state index is -2.96. The van der Waals surface area contributed by atoms with Crippen LogP contribution >= 0.6 is 0 Å². The average Bonchev–Trinajstić information content (AvgIpc) is 2.56. The molecule has 0 bridgehead atoms. The van der Waals surface area contributed by atoms with E-state index in [0.29, 0.717) is 18.9 Å². The van der Waals surface area contributed by atoms with Crippen LogP contribution in [0.25, 0.3) is 0 Å². The molecule has 1 rings (SSSR count). The van der Waals surface area contributed by atoms with Crippen molar-refractivity contribution in [1.29, 1.82) is 0 Å². The van der Waals surface area contributed by atoms with Crippen molar-refractivity contribution in [3.8, 4) is 11.5 Å². The third-order valence-electron chi connectivity index (χ3n) is 3.48. The third-order valence-corrected chi connectivity index (χ3v) is 4.46. The van der Waals surface area contributed by atoms with Crippen molar-refractivity contribution in [1.82, 2.24) is 10.6 Å². The van der Waals surface area contributed by atoms with Crippen LogP contribution in [0.15, 0.2) is 29.3 Å². The highest BCUT2D eigenvalue weighted by molar-refractivity contribution is 7.90. The maximum Gasteiger partial charge on any atom is 0.191 e. The fraction of sp³-hybridized carbons (Fsp3) is 0.588. The van der Waals surface area contributed by atoms with Crippen molar-refractivity contribution in [3.05, 3.63) is 24.3 Å². The smallest absolute Gasteiger partial charge is 0.191 e. The first-order valence-corrected chi connectivity index (χ1v) is 10.2. The van der Waals surface area contributed by atoms with Crippen LogP contribution in [0.3, 0.4) is 0 Å². The van der Waals surface area contributed by atoms with Crippen LogP contribution < -0.4 is 20.1 Å². The highest BCUT2D eigenvalue weighted by atomic mass is 32.2. The van der Waals surface area contributed by atoms with E-state index in [1.54, 1.807) is 14.2 Å². The van der Waals surface area contributed by atoms with Crippen LogP contribution in [0.5, 0.6) is 11.5 Å². The molecule has 2 unspecified atom stereocenters. The second-order valence-electron chi connectivity index (χ2n) is 6.02. The van der Waals surface area contributed by atoms with Gasteiger partial charge in [-0.25, -0.2) is 8.42 Å². The van der Waals surface area contributed by atoms with E-state index >= 15 is 0 Å².